The van der Waals surface area contributed by atoms with Crippen molar-refractivity contribution >= 4 is 16.0 Å². The topological polar surface area (TPSA) is 91.0 Å². The third-order valence-corrected chi connectivity index (χ3v) is 5.36. The van der Waals surface area contributed by atoms with Crippen LogP contribution in [0.3, 0.4) is 0 Å². The fraction of sp³-hybridized carbons (Fsp3) is 0.714. The van der Waals surface area contributed by atoms with E-state index in [9.17, 15) is 8.42 Å². The van der Waals surface area contributed by atoms with Crippen molar-refractivity contribution in [3.8, 4) is 0 Å². The Bertz CT molecular complexity index is 606. The van der Waals surface area contributed by atoms with Gasteiger partial charge in [-0.2, -0.15) is 0 Å². The quantitative estimate of drug-likeness (QED) is 0.613. The number of aliphatic imine (C=N–C) groups is 1. The summed E-state index contributed by atoms with van der Waals surface area (Å²) in [4.78, 5) is 6.25. The molecule has 1 aliphatic rings. The lowest BCUT2D eigenvalue weighted by atomic mass is 9.98. The van der Waals surface area contributed by atoms with Crippen molar-refractivity contribution in [2.24, 2.45) is 10.9 Å². The molecule has 1 aromatic heterocycles. The van der Waals surface area contributed by atoms with E-state index < -0.39 is 10.0 Å². The third kappa shape index (κ3) is 5.21. The second kappa shape index (κ2) is 7.78. The van der Waals surface area contributed by atoms with Crippen molar-refractivity contribution in [2.75, 3.05) is 40.0 Å². The summed E-state index contributed by atoms with van der Waals surface area (Å²) in [6, 6.07) is 1.82. The van der Waals surface area contributed by atoms with Gasteiger partial charge in [0.1, 0.15) is 12.0 Å². The van der Waals surface area contributed by atoms with Crippen LogP contribution in [0.15, 0.2) is 21.8 Å². The van der Waals surface area contributed by atoms with E-state index in [-0.39, 0.29) is 0 Å². The van der Waals surface area contributed by atoms with E-state index in [4.69, 9.17) is 4.52 Å². The van der Waals surface area contributed by atoms with E-state index >= 15 is 0 Å². The fourth-order valence-electron chi connectivity index (χ4n) is 2.70. The van der Waals surface area contributed by atoms with Gasteiger partial charge in [0, 0.05) is 39.8 Å². The Balaban J connectivity index is 1.78. The van der Waals surface area contributed by atoms with Crippen molar-refractivity contribution in [3.63, 3.8) is 0 Å². The number of piperidine rings is 1. The van der Waals surface area contributed by atoms with Crippen LogP contribution in [0.4, 0.5) is 0 Å². The summed E-state index contributed by atoms with van der Waals surface area (Å²) in [5.41, 5.74) is 0.844. The number of nitrogens with zero attached hydrogens (tertiary/aromatic N) is 4. The zero-order chi connectivity index (χ0) is 16.9. The predicted molar refractivity (Wildman–Crippen MR) is 88.5 cm³/mol. The number of hydrogen-bond acceptors (Lipinski definition) is 5. The molecule has 0 spiro atoms. The maximum absolute atomic E-state index is 11.5. The average molecular weight is 343 g/mol. The van der Waals surface area contributed by atoms with Crippen molar-refractivity contribution in [3.05, 3.63) is 18.0 Å². The summed E-state index contributed by atoms with van der Waals surface area (Å²) >= 11 is 0. The molecular formula is C14H25N5O3S. The molecule has 0 radical (unpaired) electrons. The van der Waals surface area contributed by atoms with Gasteiger partial charge in [-0.15, -0.1) is 0 Å². The van der Waals surface area contributed by atoms with Crippen molar-refractivity contribution in [1.29, 1.82) is 0 Å². The molecule has 2 rings (SSSR count). The Morgan fingerprint density at radius 3 is 2.74 bits per heavy atom. The van der Waals surface area contributed by atoms with Crippen LogP contribution in [0.1, 0.15) is 18.5 Å². The largest absolute Gasteiger partial charge is 0.364 e. The molecule has 0 aromatic carbocycles. The second-order valence-electron chi connectivity index (χ2n) is 5.88. The summed E-state index contributed by atoms with van der Waals surface area (Å²) in [6.07, 6.45) is 4.55. The van der Waals surface area contributed by atoms with E-state index in [1.165, 1.54) is 6.26 Å². The molecule has 9 heteroatoms. The van der Waals surface area contributed by atoms with Crippen molar-refractivity contribution in [1.82, 2.24) is 19.7 Å². The van der Waals surface area contributed by atoms with Gasteiger partial charge in [-0.1, -0.05) is 5.16 Å². The maximum Gasteiger partial charge on any atom is 0.211 e. The smallest absolute Gasteiger partial charge is 0.211 e. The standard InChI is InChI=1S/C14H25N5O3S/c1-15-14(18(2)11-13-6-9-22-17-13)16-10-12-4-7-19(8-5-12)23(3,20)21/h6,9,12H,4-5,7-8,10-11H2,1-3H3,(H,15,16). The first-order valence-electron chi connectivity index (χ1n) is 7.66. The molecule has 1 saturated heterocycles. The molecule has 23 heavy (non-hydrogen) atoms. The van der Waals surface area contributed by atoms with Gasteiger partial charge in [0.05, 0.1) is 12.8 Å². The van der Waals surface area contributed by atoms with Crippen LogP contribution < -0.4 is 5.32 Å². The zero-order valence-electron chi connectivity index (χ0n) is 13.9. The number of rotatable bonds is 5. The van der Waals surface area contributed by atoms with Gasteiger partial charge >= 0.3 is 0 Å². The molecule has 1 aliphatic heterocycles. The Morgan fingerprint density at radius 2 is 2.22 bits per heavy atom. The van der Waals surface area contributed by atoms with Gasteiger partial charge < -0.3 is 14.7 Å². The van der Waals surface area contributed by atoms with Gasteiger partial charge in [0.25, 0.3) is 0 Å². The molecule has 1 aromatic rings. The van der Waals surface area contributed by atoms with Gasteiger partial charge in [0.2, 0.25) is 10.0 Å². The maximum atomic E-state index is 11.5. The summed E-state index contributed by atoms with van der Waals surface area (Å²) in [7, 11) is 0.622. The molecule has 0 atom stereocenters. The highest BCUT2D eigenvalue weighted by Gasteiger charge is 2.25. The van der Waals surface area contributed by atoms with E-state index in [1.807, 2.05) is 18.0 Å². The number of guanidine groups is 1. The highest BCUT2D eigenvalue weighted by Crippen LogP contribution is 2.18. The van der Waals surface area contributed by atoms with Gasteiger partial charge in [-0.3, -0.25) is 4.99 Å². The van der Waals surface area contributed by atoms with Crippen LogP contribution in [0.5, 0.6) is 0 Å². The Hall–Kier alpha value is -1.61. The SMILES string of the molecule is CN=C(NCC1CCN(S(C)(=O)=O)CC1)N(C)Cc1ccon1. The summed E-state index contributed by atoms with van der Waals surface area (Å²) in [6.45, 7) is 2.59. The Morgan fingerprint density at radius 1 is 1.52 bits per heavy atom. The van der Waals surface area contributed by atoms with E-state index in [0.29, 0.717) is 25.6 Å². The molecular weight excluding hydrogens is 318 g/mol. The summed E-state index contributed by atoms with van der Waals surface area (Å²) in [5.74, 6) is 1.24. The number of nitrogens with one attached hydrogen (secondary N) is 1. The molecule has 2 heterocycles. The minimum Gasteiger partial charge on any atom is -0.364 e. The molecule has 130 valence electrons. The number of sulfonamides is 1. The van der Waals surface area contributed by atoms with Gasteiger partial charge in [0.15, 0.2) is 5.96 Å². The van der Waals surface area contributed by atoms with Crippen molar-refractivity contribution in [2.45, 2.75) is 19.4 Å². The number of hydrogen-bond donors (Lipinski definition) is 1. The molecule has 0 aliphatic carbocycles. The molecule has 0 bridgehead atoms. The lowest BCUT2D eigenvalue weighted by molar-refractivity contribution is 0.273. The number of aromatic nitrogens is 1. The van der Waals surface area contributed by atoms with Crippen LogP contribution in [0.2, 0.25) is 0 Å². The normalized spacial score (nSPS) is 18.1. The van der Waals surface area contributed by atoms with E-state index in [2.05, 4.69) is 15.5 Å². The first-order chi connectivity index (χ1) is 10.9. The van der Waals surface area contributed by atoms with Gasteiger partial charge in [-0.05, 0) is 18.8 Å². The minimum atomic E-state index is -3.06. The highest BCUT2D eigenvalue weighted by molar-refractivity contribution is 7.88. The highest BCUT2D eigenvalue weighted by atomic mass is 32.2. The van der Waals surface area contributed by atoms with Crippen molar-refractivity contribution < 1.29 is 12.9 Å². The second-order valence-corrected chi connectivity index (χ2v) is 7.86. The molecule has 0 unspecified atom stereocenters. The first kappa shape index (κ1) is 17.7. The van der Waals surface area contributed by atoms with E-state index in [1.54, 1.807) is 17.6 Å². The lowest BCUT2D eigenvalue weighted by Crippen LogP contribution is -2.44. The Kier molecular flexibility index (Phi) is 6.00. The molecule has 0 saturated carbocycles. The van der Waals surface area contributed by atoms with Crippen LogP contribution in [-0.2, 0) is 16.6 Å². The average Bonchev–Trinajstić information content (AvgIpc) is 3.00. The monoisotopic (exact) mass is 343 g/mol. The summed E-state index contributed by atoms with van der Waals surface area (Å²) in [5, 5.41) is 7.25. The first-order valence-corrected chi connectivity index (χ1v) is 9.51. The van der Waals surface area contributed by atoms with Crippen LogP contribution >= 0.6 is 0 Å². The fourth-order valence-corrected chi connectivity index (χ4v) is 3.58. The van der Waals surface area contributed by atoms with Crippen LogP contribution in [0.25, 0.3) is 0 Å². The lowest BCUT2D eigenvalue weighted by Gasteiger charge is -2.31. The van der Waals surface area contributed by atoms with Crippen LogP contribution in [0, 0.1) is 5.92 Å². The minimum absolute atomic E-state index is 0.449. The molecule has 0 amide bonds. The molecule has 1 fully saturated rings. The predicted octanol–water partition coefficient (Wildman–Crippen LogP) is 0.353. The van der Waals surface area contributed by atoms with E-state index in [0.717, 1.165) is 31.0 Å². The third-order valence-electron chi connectivity index (χ3n) is 4.06. The van der Waals surface area contributed by atoms with Gasteiger partial charge in [-0.25, -0.2) is 12.7 Å². The Labute approximate surface area is 137 Å². The molecule has 1 N–H and O–H groups in total. The summed E-state index contributed by atoms with van der Waals surface area (Å²) < 4.78 is 29.4. The zero-order valence-corrected chi connectivity index (χ0v) is 14.7. The van der Waals surface area contributed by atoms with Crippen LogP contribution in [-0.4, -0.2) is 68.7 Å². The molecule has 8 nitrogen and oxygen atoms in total.